The highest BCUT2D eigenvalue weighted by Gasteiger charge is 2.35. The molecule has 1 aliphatic carbocycles. The van der Waals surface area contributed by atoms with E-state index < -0.39 is 5.60 Å². The van der Waals surface area contributed by atoms with Crippen LogP contribution in [0.2, 0.25) is 0 Å². The van der Waals surface area contributed by atoms with E-state index in [1.165, 1.54) is 6.07 Å². The smallest absolute Gasteiger partial charge is 0.225 e. The summed E-state index contributed by atoms with van der Waals surface area (Å²) in [7, 11) is 0. The Morgan fingerprint density at radius 3 is 2.83 bits per heavy atom. The van der Waals surface area contributed by atoms with Gasteiger partial charge in [0.05, 0.1) is 25.2 Å². The predicted octanol–water partition coefficient (Wildman–Crippen LogP) is 3.12. The average molecular weight is 335 g/mol. The Hall–Kier alpha value is -1.46. The number of nitrogens with zero attached hydrogens (tertiary/aromatic N) is 1. The molecule has 1 saturated carbocycles. The molecule has 0 aromatic heterocycles. The normalized spacial score (nSPS) is 24.0. The number of carbonyl (C=O) groups is 1. The van der Waals surface area contributed by atoms with Gasteiger partial charge in [-0.2, -0.15) is 0 Å². The van der Waals surface area contributed by atoms with Crippen molar-refractivity contribution >= 4 is 5.91 Å². The first-order chi connectivity index (χ1) is 11.5. The minimum atomic E-state index is -0.838. The Morgan fingerprint density at radius 1 is 1.38 bits per heavy atom. The highest BCUT2D eigenvalue weighted by Crippen LogP contribution is 2.32. The minimum absolute atomic E-state index is 0.00784. The van der Waals surface area contributed by atoms with Gasteiger partial charge in [-0.05, 0) is 37.0 Å². The van der Waals surface area contributed by atoms with E-state index >= 15 is 0 Å². The number of aliphatic hydroxyl groups is 1. The number of benzene rings is 1. The Bertz CT molecular complexity index is 598. The third kappa shape index (κ3) is 3.95. The van der Waals surface area contributed by atoms with Crippen LogP contribution < -0.4 is 0 Å². The summed E-state index contributed by atoms with van der Waals surface area (Å²) in [5.41, 5.74) is 0.633. The molecule has 2 fully saturated rings. The molecule has 1 atom stereocenters. The first-order valence-electron chi connectivity index (χ1n) is 8.85. The Morgan fingerprint density at radius 2 is 2.12 bits per heavy atom. The number of ether oxygens (including phenoxy) is 1. The van der Waals surface area contributed by atoms with Crippen molar-refractivity contribution in [3.8, 4) is 0 Å². The van der Waals surface area contributed by atoms with Crippen LogP contribution in [0.4, 0.5) is 4.39 Å². The number of aryl methyl sites for hydroxylation is 1. The molecule has 1 heterocycles. The predicted molar refractivity (Wildman–Crippen MR) is 89.1 cm³/mol. The molecule has 24 heavy (non-hydrogen) atoms. The lowest BCUT2D eigenvalue weighted by Gasteiger charge is -2.37. The van der Waals surface area contributed by atoms with E-state index in [0.29, 0.717) is 38.1 Å². The van der Waals surface area contributed by atoms with E-state index in [1.807, 2.05) is 0 Å². The van der Waals surface area contributed by atoms with Crippen molar-refractivity contribution in [2.24, 2.45) is 0 Å². The summed E-state index contributed by atoms with van der Waals surface area (Å²) < 4.78 is 19.2. The Balaban J connectivity index is 1.64. The molecule has 1 unspecified atom stereocenters. The van der Waals surface area contributed by atoms with Crippen molar-refractivity contribution in [1.29, 1.82) is 0 Å². The molecular weight excluding hydrogens is 309 g/mol. The largest absolute Gasteiger partial charge is 0.389 e. The molecular formula is C19H26FNO3. The molecule has 0 radical (unpaired) electrons. The van der Waals surface area contributed by atoms with E-state index in [9.17, 15) is 14.3 Å². The summed E-state index contributed by atoms with van der Waals surface area (Å²) in [6, 6.07) is 4.94. The lowest BCUT2D eigenvalue weighted by molar-refractivity contribution is -0.145. The Labute approximate surface area is 142 Å². The van der Waals surface area contributed by atoms with E-state index in [2.05, 4.69) is 0 Å². The van der Waals surface area contributed by atoms with E-state index in [1.54, 1.807) is 24.0 Å². The third-order valence-corrected chi connectivity index (χ3v) is 5.24. The highest BCUT2D eigenvalue weighted by atomic mass is 19.1. The summed E-state index contributed by atoms with van der Waals surface area (Å²) in [5, 5.41) is 10.6. The zero-order valence-electron chi connectivity index (χ0n) is 14.3. The lowest BCUT2D eigenvalue weighted by atomic mass is 9.82. The van der Waals surface area contributed by atoms with Gasteiger partial charge in [-0.3, -0.25) is 4.79 Å². The second-order valence-electron chi connectivity index (χ2n) is 7.17. The van der Waals surface area contributed by atoms with E-state index in [4.69, 9.17) is 4.74 Å². The number of amides is 1. The molecule has 0 spiro atoms. The van der Waals surface area contributed by atoms with Crippen LogP contribution >= 0.6 is 0 Å². The SMILES string of the molecule is Cc1cc(C2CN(C(=O)CC3(O)CCCCC3)CCO2)ccc1F. The maximum Gasteiger partial charge on any atom is 0.225 e. The summed E-state index contributed by atoms with van der Waals surface area (Å²) in [6.07, 6.45) is 4.51. The maximum atomic E-state index is 13.4. The van der Waals surface area contributed by atoms with Crippen LogP contribution in [0, 0.1) is 12.7 Å². The second-order valence-corrected chi connectivity index (χ2v) is 7.17. The second kappa shape index (κ2) is 7.19. The highest BCUT2D eigenvalue weighted by molar-refractivity contribution is 5.77. The number of hydrogen-bond acceptors (Lipinski definition) is 3. The zero-order valence-corrected chi connectivity index (χ0v) is 14.3. The van der Waals surface area contributed by atoms with Crippen molar-refractivity contribution in [3.63, 3.8) is 0 Å². The van der Waals surface area contributed by atoms with Gasteiger partial charge in [-0.1, -0.05) is 31.4 Å². The molecule has 1 aromatic carbocycles. The number of halogens is 1. The fraction of sp³-hybridized carbons (Fsp3) is 0.632. The van der Waals surface area contributed by atoms with Gasteiger partial charge < -0.3 is 14.7 Å². The number of hydrogen-bond donors (Lipinski definition) is 1. The minimum Gasteiger partial charge on any atom is -0.389 e. The molecule has 3 rings (SSSR count). The van der Waals surface area contributed by atoms with Gasteiger partial charge in [-0.25, -0.2) is 4.39 Å². The van der Waals surface area contributed by atoms with Crippen molar-refractivity contribution in [1.82, 2.24) is 4.90 Å². The van der Waals surface area contributed by atoms with Gasteiger partial charge in [0.1, 0.15) is 11.9 Å². The van der Waals surface area contributed by atoms with Crippen molar-refractivity contribution < 1.29 is 19.0 Å². The molecule has 5 heteroatoms. The number of rotatable bonds is 3. The van der Waals surface area contributed by atoms with Crippen LogP contribution in [0.15, 0.2) is 18.2 Å². The van der Waals surface area contributed by atoms with Crippen LogP contribution in [0.3, 0.4) is 0 Å². The maximum absolute atomic E-state index is 13.4. The zero-order chi connectivity index (χ0) is 17.2. The van der Waals surface area contributed by atoms with Crippen LogP contribution in [0.1, 0.15) is 55.8 Å². The standard InChI is InChI=1S/C19H26FNO3/c1-14-11-15(5-6-16(14)20)17-13-21(9-10-24-17)18(22)12-19(23)7-3-2-4-8-19/h5-6,11,17,23H,2-4,7-10,12-13H2,1H3. The third-order valence-electron chi connectivity index (χ3n) is 5.24. The average Bonchev–Trinajstić information content (AvgIpc) is 2.58. The fourth-order valence-corrected chi connectivity index (χ4v) is 3.73. The van der Waals surface area contributed by atoms with Crippen LogP contribution in [0.25, 0.3) is 0 Å². The van der Waals surface area contributed by atoms with E-state index in [0.717, 1.165) is 24.8 Å². The van der Waals surface area contributed by atoms with Gasteiger partial charge >= 0.3 is 0 Å². The van der Waals surface area contributed by atoms with Gasteiger partial charge in [-0.15, -0.1) is 0 Å². The molecule has 1 amide bonds. The summed E-state index contributed by atoms with van der Waals surface area (Å²) in [4.78, 5) is 14.4. The molecule has 1 aliphatic heterocycles. The van der Waals surface area contributed by atoms with Gasteiger partial charge in [0.2, 0.25) is 5.91 Å². The molecule has 1 N–H and O–H groups in total. The van der Waals surface area contributed by atoms with Crippen LogP contribution in [-0.2, 0) is 9.53 Å². The van der Waals surface area contributed by atoms with Crippen molar-refractivity contribution in [3.05, 3.63) is 35.1 Å². The molecule has 1 aromatic rings. The monoisotopic (exact) mass is 335 g/mol. The first-order valence-corrected chi connectivity index (χ1v) is 8.85. The van der Waals surface area contributed by atoms with Crippen molar-refractivity contribution in [2.75, 3.05) is 19.7 Å². The molecule has 0 bridgehead atoms. The van der Waals surface area contributed by atoms with Gasteiger partial charge in [0.25, 0.3) is 0 Å². The summed E-state index contributed by atoms with van der Waals surface area (Å²) >= 11 is 0. The topological polar surface area (TPSA) is 49.8 Å². The summed E-state index contributed by atoms with van der Waals surface area (Å²) in [6.45, 7) is 3.19. The van der Waals surface area contributed by atoms with Crippen LogP contribution in [0.5, 0.6) is 0 Å². The number of carbonyl (C=O) groups excluding carboxylic acids is 1. The molecule has 1 saturated heterocycles. The lowest BCUT2D eigenvalue weighted by Crippen LogP contribution is -2.46. The number of morpholine rings is 1. The molecule has 4 nitrogen and oxygen atoms in total. The molecule has 2 aliphatic rings. The van der Waals surface area contributed by atoms with Gasteiger partial charge in [0, 0.05) is 6.54 Å². The summed E-state index contributed by atoms with van der Waals surface area (Å²) in [5.74, 6) is -0.242. The molecule has 132 valence electrons. The quantitative estimate of drug-likeness (QED) is 0.923. The van der Waals surface area contributed by atoms with Gasteiger partial charge in [0.15, 0.2) is 0 Å². The first kappa shape index (κ1) is 17.4. The van der Waals surface area contributed by atoms with Crippen molar-refractivity contribution in [2.45, 2.75) is 57.2 Å². The van der Waals surface area contributed by atoms with E-state index in [-0.39, 0.29) is 24.2 Å². The van der Waals surface area contributed by atoms with Crippen LogP contribution in [-0.4, -0.2) is 41.2 Å². The fourth-order valence-electron chi connectivity index (χ4n) is 3.73. The Kier molecular flexibility index (Phi) is 5.21.